The van der Waals surface area contributed by atoms with Gasteiger partial charge in [-0.05, 0) is 33.5 Å². The van der Waals surface area contributed by atoms with Crippen LogP contribution in [0.2, 0.25) is 0 Å². The van der Waals surface area contributed by atoms with Gasteiger partial charge in [0.2, 0.25) is 5.91 Å². The Morgan fingerprint density at radius 3 is 2.56 bits per heavy atom. The van der Waals surface area contributed by atoms with E-state index in [-0.39, 0.29) is 11.3 Å². The van der Waals surface area contributed by atoms with Crippen LogP contribution in [0.5, 0.6) is 0 Å². The van der Waals surface area contributed by atoms with Crippen LogP contribution in [0.4, 0.5) is 5.82 Å². The molecule has 4 nitrogen and oxygen atoms in total. The molecule has 3 N–H and O–H groups in total. The van der Waals surface area contributed by atoms with Gasteiger partial charge in [-0.3, -0.25) is 4.79 Å². The van der Waals surface area contributed by atoms with E-state index in [1.165, 1.54) is 0 Å². The van der Waals surface area contributed by atoms with E-state index >= 15 is 0 Å². The third-order valence-corrected chi connectivity index (χ3v) is 2.66. The predicted molar refractivity (Wildman–Crippen MR) is 68.0 cm³/mol. The number of pyridine rings is 1. The van der Waals surface area contributed by atoms with Crippen molar-refractivity contribution in [1.82, 2.24) is 4.98 Å². The Kier molecular flexibility index (Phi) is 4.04. The largest absolute Gasteiger partial charge is 0.319 e. The maximum Gasteiger partial charge on any atom is 0.242 e. The van der Waals surface area contributed by atoms with Gasteiger partial charge in [-0.2, -0.15) is 0 Å². The molecule has 1 heterocycles. The molecule has 0 bridgehead atoms. The summed E-state index contributed by atoms with van der Waals surface area (Å²) in [6.07, 6.45) is 1.62. The van der Waals surface area contributed by atoms with Crippen molar-refractivity contribution >= 4 is 27.7 Å². The summed E-state index contributed by atoms with van der Waals surface area (Å²) < 4.78 is 0.866. The number of nitrogens with one attached hydrogen (secondary N) is 1. The minimum absolute atomic E-state index is 0.220. The fourth-order valence-corrected chi connectivity index (χ4v) is 1.28. The van der Waals surface area contributed by atoms with Crippen molar-refractivity contribution in [3.8, 4) is 0 Å². The normalized spacial score (nSPS) is 13.3. The molecule has 1 rings (SSSR count). The van der Waals surface area contributed by atoms with E-state index in [2.05, 4.69) is 26.2 Å². The highest BCUT2D eigenvalue weighted by Crippen LogP contribution is 2.18. The Morgan fingerprint density at radius 1 is 1.50 bits per heavy atom. The van der Waals surface area contributed by atoms with Crippen molar-refractivity contribution in [3.05, 3.63) is 22.8 Å². The molecule has 0 aromatic carbocycles. The van der Waals surface area contributed by atoms with Crippen LogP contribution >= 0.6 is 15.9 Å². The molecule has 88 valence electrons. The molecule has 5 heteroatoms. The first-order valence-corrected chi connectivity index (χ1v) is 5.78. The Labute approximate surface area is 104 Å². The third-order valence-electron chi connectivity index (χ3n) is 2.19. The predicted octanol–water partition coefficient (Wildman–Crippen LogP) is 2.16. The fourth-order valence-electron chi connectivity index (χ4n) is 1.05. The first-order chi connectivity index (χ1) is 7.30. The molecule has 0 radical (unpaired) electrons. The number of aromatic nitrogens is 1. The topological polar surface area (TPSA) is 68.0 Å². The summed E-state index contributed by atoms with van der Waals surface area (Å²) in [5.41, 5.74) is 5.56. The molecule has 0 aliphatic rings. The van der Waals surface area contributed by atoms with E-state index in [0.29, 0.717) is 5.82 Å². The van der Waals surface area contributed by atoms with Crippen LogP contribution in [-0.4, -0.2) is 16.9 Å². The number of nitrogens with zero attached hydrogens (tertiary/aromatic N) is 1. The second-order valence-electron chi connectivity index (χ2n) is 4.69. The van der Waals surface area contributed by atoms with Crippen molar-refractivity contribution in [2.75, 3.05) is 5.32 Å². The zero-order valence-corrected chi connectivity index (χ0v) is 11.2. The highest BCUT2D eigenvalue weighted by molar-refractivity contribution is 9.10. The van der Waals surface area contributed by atoms with Crippen LogP contribution in [0.1, 0.15) is 20.8 Å². The van der Waals surface area contributed by atoms with Crippen LogP contribution in [-0.2, 0) is 4.79 Å². The van der Waals surface area contributed by atoms with Crippen molar-refractivity contribution in [3.63, 3.8) is 0 Å². The minimum atomic E-state index is -0.557. The minimum Gasteiger partial charge on any atom is -0.319 e. The summed E-state index contributed by atoms with van der Waals surface area (Å²) in [4.78, 5) is 15.8. The molecular weight excluding hydrogens is 270 g/mol. The van der Waals surface area contributed by atoms with E-state index in [4.69, 9.17) is 5.73 Å². The van der Waals surface area contributed by atoms with Gasteiger partial charge in [0.05, 0.1) is 6.04 Å². The molecule has 0 spiro atoms. The van der Waals surface area contributed by atoms with Crippen molar-refractivity contribution in [2.24, 2.45) is 11.1 Å². The summed E-state index contributed by atoms with van der Waals surface area (Å²) >= 11 is 3.27. The first kappa shape index (κ1) is 13.1. The number of nitrogens with two attached hydrogens (primary N) is 1. The average molecular weight is 286 g/mol. The molecule has 16 heavy (non-hydrogen) atoms. The van der Waals surface area contributed by atoms with Gasteiger partial charge in [0.15, 0.2) is 0 Å². The molecule has 0 aliphatic heterocycles. The molecule has 0 fully saturated rings. The molecule has 0 saturated carbocycles. The molecule has 1 atom stereocenters. The van der Waals surface area contributed by atoms with Crippen LogP contribution in [0.3, 0.4) is 0 Å². The van der Waals surface area contributed by atoms with E-state index < -0.39 is 6.04 Å². The third kappa shape index (κ3) is 3.57. The SMILES string of the molecule is CC(C)(C)[C@@H](N)C(=O)Nc1ccc(Br)cn1. The molecule has 1 amide bonds. The van der Waals surface area contributed by atoms with Crippen molar-refractivity contribution in [1.29, 1.82) is 0 Å². The standard InChI is InChI=1S/C11H16BrN3O/c1-11(2,3)9(13)10(16)15-8-5-4-7(12)6-14-8/h4-6,9H,13H2,1-3H3,(H,14,15,16)/t9-/m0/s1. The molecule has 0 unspecified atom stereocenters. The van der Waals surface area contributed by atoms with Gasteiger partial charge in [0.25, 0.3) is 0 Å². The summed E-state index contributed by atoms with van der Waals surface area (Å²) in [5.74, 6) is 0.287. The zero-order chi connectivity index (χ0) is 12.3. The highest BCUT2D eigenvalue weighted by Gasteiger charge is 2.27. The van der Waals surface area contributed by atoms with Crippen molar-refractivity contribution in [2.45, 2.75) is 26.8 Å². The summed E-state index contributed by atoms with van der Waals surface area (Å²) in [6.45, 7) is 5.77. The second-order valence-corrected chi connectivity index (χ2v) is 5.61. The second kappa shape index (κ2) is 4.93. The summed E-state index contributed by atoms with van der Waals surface area (Å²) in [7, 11) is 0. The van der Waals surface area contributed by atoms with E-state index in [9.17, 15) is 4.79 Å². The summed E-state index contributed by atoms with van der Waals surface area (Å²) in [6, 6.07) is 2.97. The van der Waals surface area contributed by atoms with Crippen molar-refractivity contribution < 1.29 is 4.79 Å². The fraction of sp³-hybridized carbons (Fsp3) is 0.455. The first-order valence-electron chi connectivity index (χ1n) is 4.98. The Balaban J connectivity index is 2.68. The quantitative estimate of drug-likeness (QED) is 0.875. The van der Waals surface area contributed by atoms with E-state index in [0.717, 1.165) is 4.47 Å². The van der Waals surface area contributed by atoms with Crippen LogP contribution in [0, 0.1) is 5.41 Å². The zero-order valence-electron chi connectivity index (χ0n) is 9.62. The van der Waals surface area contributed by atoms with Gasteiger partial charge in [0.1, 0.15) is 5.82 Å². The van der Waals surface area contributed by atoms with Gasteiger partial charge in [0, 0.05) is 10.7 Å². The highest BCUT2D eigenvalue weighted by atomic mass is 79.9. The summed E-state index contributed by atoms with van der Waals surface area (Å²) in [5, 5.41) is 2.68. The molecule has 1 aromatic rings. The lowest BCUT2D eigenvalue weighted by atomic mass is 9.87. The van der Waals surface area contributed by atoms with Gasteiger partial charge < -0.3 is 11.1 Å². The molecule has 1 aromatic heterocycles. The number of hydrogen-bond donors (Lipinski definition) is 2. The molecular formula is C11H16BrN3O. The number of anilines is 1. The number of halogens is 1. The Morgan fingerprint density at radius 2 is 2.12 bits per heavy atom. The van der Waals surface area contributed by atoms with Crippen LogP contribution in [0.15, 0.2) is 22.8 Å². The maximum absolute atomic E-state index is 11.8. The maximum atomic E-state index is 11.8. The van der Waals surface area contributed by atoms with Gasteiger partial charge in [-0.15, -0.1) is 0 Å². The number of hydrogen-bond acceptors (Lipinski definition) is 3. The number of rotatable bonds is 2. The van der Waals surface area contributed by atoms with E-state index in [1.54, 1.807) is 12.3 Å². The Hall–Kier alpha value is -0.940. The van der Waals surface area contributed by atoms with Crippen LogP contribution in [0.25, 0.3) is 0 Å². The number of carbonyl (C=O) groups excluding carboxylic acids is 1. The lowest BCUT2D eigenvalue weighted by Gasteiger charge is -2.25. The number of amides is 1. The van der Waals surface area contributed by atoms with Crippen LogP contribution < -0.4 is 11.1 Å². The van der Waals surface area contributed by atoms with E-state index in [1.807, 2.05) is 26.8 Å². The molecule has 0 aliphatic carbocycles. The van der Waals surface area contributed by atoms with Gasteiger partial charge >= 0.3 is 0 Å². The Bertz CT molecular complexity index is 370. The number of carbonyl (C=O) groups is 1. The monoisotopic (exact) mass is 285 g/mol. The van der Waals surface area contributed by atoms with Gasteiger partial charge in [-0.25, -0.2) is 4.98 Å². The lowest BCUT2D eigenvalue weighted by molar-refractivity contribution is -0.119. The lowest BCUT2D eigenvalue weighted by Crippen LogP contribution is -2.45. The molecule has 0 saturated heterocycles. The average Bonchev–Trinajstić information content (AvgIpc) is 2.19. The smallest absolute Gasteiger partial charge is 0.242 e. The van der Waals surface area contributed by atoms with Gasteiger partial charge in [-0.1, -0.05) is 20.8 Å².